The minimum atomic E-state index is -0.480. The number of carbonyl (C=O) groups is 2. The van der Waals surface area contributed by atoms with Gasteiger partial charge in [-0.05, 0) is 17.7 Å². The second-order valence-corrected chi connectivity index (χ2v) is 4.47. The monoisotopic (exact) mass is 346 g/mol. The van der Waals surface area contributed by atoms with Crippen molar-refractivity contribution in [3.05, 3.63) is 29.3 Å². The van der Waals surface area contributed by atoms with Crippen molar-refractivity contribution in [2.75, 3.05) is 41.0 Å². The molecule has 0 aromatic heterocycles. The van der Waals surface area contributed by atoms with Crippen molar-refractivity contribution in [1.29, 1.82) is 0 Å². The summed E-state index contributed by atoms with van der Waals surface area (Å²) < 4.78 is 14.7. The van der Waals surface area contributed by atoms with Crippen LogP contribution >= 0.6 is 12.4 Å². The highest BCUT2D eigenvalue weighted by molar-refractivity contribution is 5.92. The summed E-state index contributed by atoms with van der Waals surface area (Å²) in [6, 6.07) is 5.10. The number of esters is 1. The molecule has 130 valence electrons. The summed E-state index contributed by atoms with van der Waals surface area (Å²) in [5, 5.41) is 5.71. The average molecular weight is 347 g/mol. The third-order valence-electron chi connectivity index (χ3n) is 2.93. The van der Waals surface area contributed by atoms with Gasteiger partial charge in [0, 0.05) is 20.2 Å². The van der Waals surface area contributed by atoms with E-state index in [0.717, 1.165) is 5.56 Å². The minimum absolute atomic E-state index is 0. The first kappa shape index (κ1) is 21.2. The molecule has 0 radical (unpaired) electrons. The summed E-state index contributed by atoms with van der Waals surface area (Å²) in [6.07, 6.45) is 0. The third kappa shape index (κ3) is 7.32. The van der Waals surface area contributed by atoms with Gasteiger partial charge in [0.25, 0.3) is 0 Å². The minimum Gasteiger partial charge on any atom is -0.496 e. The van der Waals surface area contributed by atoms with E-state index in [1.165, 1.54) is 14.2 Å². The van der Waals surface area contributed by atoms with E-state index in [9.17, 15) is 9.59 Å². The molecule has 0 unspecified atom stereocenters. The van der Waals surface area contributed by atoms with E-state index in [1.54, 1.807) is 25.3 Å². The molecule has 0 saturated carbocycles. The summed E-state index contributed by atoms with van der Waals surface area (Å²) in [6.45, 7) is 1.69. The zero-order chi connectivity index (χ0) is 16.4. The molecular formula is C15H23ClN2O5. The molecule has 2 N–H and O–H groups in total. The molecule has 1 aromatic rings. The van der Waals surface area contributed by atoms with Crippen molar-refractivity contribution in [3.63, 3.8) is 0 Å². The van der Waals surface area contributed by atoms with E-state index >= 15 is 0 Å². The summed E-state index contributed by atoms with van der Waals surface area (Å²) >= 11 is 0. The first-order chi connectivity index (χ1) is 10.6. The van der Waals surface area contributed by atoms with Crippen LogP contribution in [0.2, 0.25) is 0 Å². The number of ether oxygens (including phenoxy) is 3. The Morgan fingerprint density at radius 2 is 1.91 bits per heavy atom. The van der Waals surface area contributed by atoms with Crippen LogP contribution in [0.5, 0.6) is 5.75 Å². The van der Waals surface area contributed by atoms with Gasteiger partial charge >= 0.3 is 5.97 Å². The number of hydrogen-bond acceptors (Lipinski definition) is 6. The number of benzene rings is 1. The van der Waals surface area contributed by atoms with Crippen LogP contribution in [0.15, 0.2) is 18.2 Å². The van der Waals surface area contributed by atoms with Crippen LogP contribution < -0.4 is 15.4 Å². The van der Waals surface area contributed by atoms with Crippen LogP contribution in [0.25, 0.3) is 0 Å². The maximum Gasteiger partial charge on any atom is 0.341 e. The van der Waals surface area contributed by atoms with E-state index in [1.807, 2.05) is 0 Å². The van der Waals surface area contributed by atoms with E-state index < -0.39 is 5.97 Å². The molecule has 0 aliphatic heterocycles. The average Bonchev–Trinajstić information content (AvgIpc) is 2.55. The fourth-order valence-corrected chi connectivity index (χ4v) is 1.77. The quantitative estimate of drug-likeness (QED) is 0.507. The second kappa shape index (κ2) is 11.7. The number of methoxy groups -OCH3 is 3. The van der Waals surface area contributed by atoms with Crippen LogP contribution in [-0.2, 0) is 20.8 Å². The maximum atomic E-state index is 11.7. The SMILES string of the molecule is COCCNCC(=O)NCc1ccc(OC)c(C(=O)OC)c1.Cl. The standard InChI is InChI=1S/C15H22N2O5.ClH/c1-20-7-6-16-10-14(18)17-9-11-4-5-13(21-2)12(8-11)15(19)22-3;/h4-5,8,16H,6-7,9-10H2,1-3H3,(H,17,18);1H. The normalized spacial score (nSPS) is 9.70. The smallest absolute Gasteiger partial charge is 0.341 e. The fourth-order valence-electron chi connectivity index (χ4n) is 1.77. The Morgan fingerprint density at radius 3 is 2.52 bits per heavy atom. The Balaban J connectivity index is 0.00000484. The van der Waals surface area contributed by atoms with Gasteiger partial charge in [0.15, 0.2) is 0 Å². The lowest BCUT2D eigenvalue weighted by Crippen LogP contribution is -2.34. The van der Waals surface area contributed by atoms with Gasteiger partial charge in [0.1, 0.15) is 11.3 Å². The summed E-state index contributed by atoms with van der Waals surface area (Å²) in [7, 11) is 4.39. The molecule has 0 bridgehead atoms. The summed E-state index contributed by atoms with van der Waals surface area (Å²) in [5.74, 6) is -0.180. The molecule has 0 aliphatic carbocycles. The van der Waals surface area contributed by atoms with Crippen LogP contribution in [-0.4, -0.2) is 52.9 Å². The summed E-state index contributed by atoms with van der Waals surface area (Å²) in [4.78, 5) is 23.3. The van der Waals surface area contributed by atoms with Crippen molar-refractivity contribution in [2.45, 2.75) is 6.54 Å². The molecule has 1 amide bonds. The molecular weight excluding hydrogens is 324 g/mol. The number of amides is 1. The highest BCUT2D eigenvalue weighted by Crippen LogP contribution is 2.20. The Kier molecular flexibility index (Phi) is 10.8. The molecule has 8 heteroatoms. The van der Waals surface area contributed by atoms with E-state index in [4.69, 9.17) is 14.2 Å². The largest absolute Gasteiger partial charge is 0.496 e. The van der Waals surface area contributed by atoms with E-state index in [-0.39, 0.29) is 24.9 Å². The second-order valence-electron chi connectivity index (χ2n) is 4.47. The zero-order valence-electron chi connectivity index (χ0n) is 13.5. The van der Waals surface area contributed by atoms with E-state index in [2.05, 4.69) is 10.6 Å². The third-order valence-corrected chi connectivity index (χ3v) is 2.93. The lowest BCUT2D eigenvalue weighted by atomic mass is 10.1. The van der Waals surface area contributed by atoms with Gasteiger partial charge < -0.3 is 24.8 Å². The lowest BCUT2D eigenvalue weighted by molar-refractivity contribution is -0.120. The van der Waals surface area contributed by atoms with Crippen LogP contribution in [0, 0.1) is 0 Å². The lowest BCUT2D eigenvalue weighted by Gasteiger charge is -2.10. The molecule has 7 nitrogen and oxygen atoms in total. The number of nitrogens with one attached hydrogen (secondary N) is 2. The fraction of sp³-hybridized carbons (Fsp3) is 0.467. The summed E-state index contributed by atoms with van der Waals surface area (Å²) in [5.41, 5.74) is 1.11. The zero-order valence-corrected chi connectivity index (χ0v) is 14.3. The molecule has 0 saturated heterocycles. The molecule has 0 atom stereocenters. The van der Waals surface area contributed by atoms with Gasteiger partial charge in [0.2, 0.25) is 5.91 Å². The predicted octanol–water partition coefficient (Wildman–Crippen LogP) is 0.756. The molecule has 1 rings (SSSR count). The topological polar surface area (TPSA) is 85.9 Å². The van der Waals surface area contributed by atoms with Gasteiger partial charge in [-0.15, -0.1) is 12.4 Å². The molecule has 0 heterocycles. The Bertz CT molecular complexity index is 511. The van der Waals surface area contributed by atoms with Crippen molar-refractivity contribution in [2.24, 2.45) is 0 Å². The van der Waals surface area contributed by atoms with Crippen LogP contribution in [0.4, 0.5) is 0 Å². The van der Waals surface area contributed by atoms with Crippen LogP contribution in [0.1, 0.15) is 15.9 Å². The Morgan fingerprint density at radius 1 is 1.17 bits per heavy atom. The predicted molar refractivity (Wildman–Crippen MR) is 88.2 cm³/mol. The maximum absolute atomic E-state index is 11.7. The van der Waals surface area contributed by atoms with Gasteiger partial charge in [-0.2, -0.15) is 0 Å². The number of halogens is 1. The van der Waals surface area contributed by atoms with Gasteiger partial charge in [-0.3, -0.25) is 4.79 Å². The van der Waals surface area contributed by atoms with Crippen LogP contribution in [0.3, 0.4) is 0 Å². The van der Waals surface area contributed by atoms with Gasteiger partial charge in [0.05, 0.1) is 27.4 Å². The van der Waals surface area contributed by atoms with E-state index in [0.29, 0.717) is 31.0 Å². The van der Waals surface area contributed by atoms with Crippen molar-refractivity contribution < 1.29 is 23.8 Å². The molecule has 1 aromatic carbocycles. The Labute approximate surface area is 142 Å². The number of rotatable bonds is 9. The molecule has 0 spiro atoms. The Hall–Kier alpha value is -1.83. The van der Waals surface area contributed by atoms with Crippen molar-refractivity contribution in [3.8, 4) is 5.75 Å². The van der Waals surface area contributed by atoms with Gasteiger partial charge in [-0.1, -0.05) is 6.07 Å². The first-order valence-electron chi connectivity index (χ1n) is 6.84. The van der Waals surface area contributed by atoms with Gasteiger partial charge in [-0.25, -0.2) is 4.79 Å². The molecule has 0 fully saturated rings. The first-order valence-corrected chi connectivity index (χ1v) is 6.84. The molecule has 0 aliphatic rings. The number of hydrogen-bond donors (Lipinski definition) is 2. The molecule has 23 heavy (non-hydrogen) atoms. The van der Waals surface area contributed by atoms with Crippen molar-refractivity contribution in [1.82, 2.24) is 10.6 Å². The van der Waals surface area contributed by atoms with Crippen molar-refractivity contribution >= 4 is 24.3 Å². The highest BCUT2D eigenvalue weighted by Gasteiger charge is 2.13. The highest BCUT2D eigenvalue weighted by atomic mass is 35.5. The number of carbonyl (C=O) groups excluding carboxylic acids is 2.